The molecule has 0 radical (unpaired) electrons. The number of hydrogen-bond donors (Lipinski definition) is 1. The summed E-state index contributed by atoms with van der Waals surface area (Å²) in [5.41, 5.74) is 1.08. The van der Waals surface area contributed by atoms with Crippen LogP contribution in [0.25, 0.3) is 0 Å². The zero-order chi connectivity index (χ0) is 14.0. The van der Waals surface area contributed by atoms with Crippen molar-refractivity contribution in [3.8, 4) is 5.75 Å². The van der Waals surface area contributed by atoms with Crippen LogP contribution in [0.5, 0.6) is 5.75 Å². The van der Waals surface area contributed by atoms with Crippen LogP contribution in [0, 0.1) is 0 Å². The highest BCUT2D eigenvalue weighted by atomic mass is 16.5. The molecule has 0 aliphatic heterocycles. The number of hydrogen-bond acceptors (Lipinski definition) is 3. The minimum atomic E-state index is -0.756. The Morgan fingerprint density at radius 1 is 1.32 bits per heavy atom. The molecule has 2 rings (SSSR count). The average molecular weight is 263 g/mol. The zero-order valence-electron chi connectivity index (χ0n) is 11.8. The van der Waals surface area contributed by atoms with Gasteiger partial charge in [0.1, 0.15) is 5.75 Å². The number of benzene rings is 1. The highest BCUT2D eigenvalue weighted by Crippen LogP contribution is 2.45. The molecule has 0 unspecified atom stereocenters. The van der Waals surface area contributed by atoms with Gasteiger partial charge in [-0.2, -0.15) is 0 Å². The third-order valence-electron chi connectivity index (χ3n) is 4.07. The van der Waals surface area contributed by atoms with Crippen molar-refractivity contribution < 1.29 is 14.6 Å². The molecule has 0 spiro atoms. The summed E-state index contributed by atoms with van der Waals surface area (Å²) in [5, 5.41) is 9.73. The summed E-state index contributed by atoms with van der Waals surface area (Å²) in [4.78, 5) is 13.8. The molecule has 0 aromatic heterocycles. The van der Waals surface area contributed by atoms with Gasteiger partial charge in [-0.3, -0.25) is 4.79 Å². The first kappa shape index (κ1) is 13.7. The summed E-state index contributed by atoms with van der Waals surface area (Å²) in [6, 6.07) is 5.70. The Hall–Kier alpha value is -1.71. The Kier molecular flexibility index (Phi) is 3.69. The van der Waals surface area contributed by atoms with Crippen molar-refractivity contribution in [2.45, 2.75) is 31.1 Å². The maximum atomic E-state index is 11.8. The summed E-state index contributed by atoms with van der Waals surface area (Å²) < 4.78 is 5.26. The molecule has 104 valence electrons. The van der Waals surface area contributed by atoms with Gasteiger partial charge in [-0.1, -0.05) is 12.8 Å². The van der Waals surface area contributed by atoms with E-state index in [-0.39, 0.29) is 0 Å². The van der Waals surface area contributed by atoms with Crippen molar-refractivity contribution in [3.63, 3.8) is 0 Å². The first-order valence-electron chi connectivity index (χ1n) is 6.60. The Balaban J connectivity index is 2.60. The highest BCUT2D eigenvalue weighted by Gasteiger charge is 2.44. The van der Waals surface area contributed by atoms with E-state index in [4.69, 9.17) is 4.74 Å². The molecule has 1 N–H and O–H groups in total. The molecule has 0 bridgehead atoms. The molecule has 0 amide bonds. The van der Waals surface area contributed by atoms with Gasteiger partial charge >= 0.3 is 5.97 Å². The maximum Gasteiger partial charge on any atom is 0.314 e. The van der Waals surface area contributed by atoms with E-state index in [9.17, 15) is 9.90 Å². The molecular formula is C15H21NO3. The summed E-state index contributed by atoms with van der Waals surface area (Å²) >= 11 is 0. The zero-order valence-corrected chi connectivity index (χ0v) is 11.8. The second kappa shape index (κ2) is 5.11. The lowest BCUT2D eigenvalue weighted by molar-refractivity contribution is -0.143. The second-order valence-corrected chi connectivity index (χ2v) is 5.37. The molecule has 0 saturated heterocycles. The maximum absolute atomic E-state index is 11.8. The van der Waals surface area contributed by atoms with Gasteiger partial charge in [-0.15, -0.1) is 0 Å². The highest BCUT2D eigenvalue weighted by molar-refractivity contribution is 5.85. The number of carboxylic acids is 1. The van der Waals surface area contributed by atoms with E-state index in [1.807, 2.05) is 37.2 Å². The molecule has 1 fully saturated rings. The minimum absolute atomic E-state index is 0.705. The van der Waals surface area contributed by atoms with E-state index in [0.29, 0.717) is 18.6 Å². The van der Waals surface area contributed by atoms with Gasteiger partial charge < -0.3 is 14.7 Å². The first-order valence-corrected chi connectivity index (χ1v) is 6.60. The van der Waals surface area contributed by atoms with E-state index >= 15 is 0 Å². The first-order chi connectivity index (χ1) is 9.01. The largest absolute Gasteiger partial charge is 0.497 e. The molecule has 0 atom stereocenters. The lowest BCUT2D eigenvalue weighted by Crippen LogP contribution is -2.34. The van der Waals surface area contributed by atoms with Gasteiger partial charge in [0, 0.05) is 19.8 Å². The predicted octanol–water partition coefficient (Wildman–Crippen LogP) is 2.66. The van der Waals surface area contributed by atoms with Crippen molar-refractivity contribution in [3.05, 3.63) is 23.8 Å². The van der Waals surface area contributed by atoms with Gasteiger partial charge in [-0.05, 0) is 36.6 Å². The van der Waals surface area contributed by atoms with E-state index in [2.05, 4.69) is 0 Å². The fourth-order valence-electron chi connectivity index (χ4n) is 2.99. The average Bonchev–Trinajstić information content (AvgIpc) is 2.88. The molecule has 1 aromatic rings. The Labute approximate surface area is 114 Å². The van der Waals surface area contributed by atoms with Crippen molar-refractivity contribution in [1.29, 1.82) is 0 Å². The van der Waals surface area contributed by atoms with E-state index in [1.54, 1.807) is 7.11 Å². The van der Waals surface area contributed by atoms with Crippen LogP contribution >= 0.6 is 0 Å². The summed E-state index contributed by atoms with van der Waals surface area (Å²) in [7, 11) is 5.49. The Morgan fingerprint density at radius 2 is 1.95 bits per heavy atom. The molecule has 1 aromatic carbocycles. The Morgan fingerprint density at radius 3 is 2.42 bits per heavy atom. The third kappa shape index (κ3) is 2.27. The van der Waals surface area contributed by atoms with E-state index < -0.39 is 11.4 Å². The number of carboxylic acid groups (broad SMARTS) is 1. The van der Waals surface area contributed by atoms with Crippen LogP contribution in [0.2, 0.25) is 0 Å². The van der Waals surface area contributed by atoms with Crippen LogP contribution in [0.4, 0.5) is 5.69 Å². The summed E-state index contributed by atoms with van der Waals surface area (Å²) in [6.07, 6.45) is 3.35. The Bertz CT molecular complexity index is 476. The number of anilines is 1. The third-order valence-corrected chi connectivity index (χ3v) is 4.07. The standard InChI is InChI=1S/C15H21NO3/c1-16(2)13-7-6-11(19-3)10-12(13)15(14(17)18)8-4-5-9-15/h6-7,10H,4-5,8-9H2,1-3H3,(H,17,18). The van der Waals surface area contributed by atoms with Gasteiger partial charge in [0.15, 0.2) is 0 Å². The molecule has 1 aliphatic rings. The molecule has 0 heterocycles. The van der Waals surface area contributed by atoms with Gasteiger partial charge in [0.05, 0.1) is 12.5 Å². The van der Waals surface area contributed by atoms with Crippen LogP contribution in [-0.2, 0) is 10.2 Å². The molecular weight excluding hydrogens is 242 g/mol. The van der Waals surface area contributed by atoms with Crippen molar-refractivity contribution in [1.82, 2.24) is 0 Å². The van der Waals surface area contributed by atoms with Crippen molar-refractivity contribution in [2.75, 3.05) is 26.1 Å². The van der Waals surface area contributed by atoms with E-state index in [1.165, 1.54) is 0 Å². The fourth-order valence-corrected chi connectivity index (χ4v) is 2.99. The SMILES string of the molecule is COc1ccc(N(C)C)c(C2(C(=O)O)CCCC2)c1. The summed E-state index contributed by atoms with van der Waals surface area (Å²) in [5.74, 6) is -0.00511. The van der Waals surface area contributed by atoms with Crippen LogP contribution < -0.4 is 9.64 Å². The molecule has 4 heteroatoms. The second-order valence-electron chi connectivity index (χ2n) is 5.37. The van der Waals surface area contributed by atoms with Gasteiger partial charge in [-0.25, -0.2) is 0 Å². The monoisotopic (exact) mass is 263 g/mol. The van der Waals surface area contributed by atoms with Crippen LogP contribution in [0.1, 0.15) is 31.2 Å². The molecule has 1 saturated carbocycles. The fraction of sp³-hybridized carbons (Fsp3) is 0.533. The van der Waals surface area contributed by atoms with Crippen LogP contribution in [0.15, 0.2) is 18.2 Å². The summed E-state index contributed by atoms with van der Waals surface area (Å²) in [6.45, 7) is 0. The van der Waals surface area contributed by atoms with Crippen LogP contribution in [-0.4, -0.2) is 32.3 Å². The number of nitrogens with zero attached hydrogens (tertiary/aromatic N) is 1. The number of aliphatic carboxylic acids is 1. The molecule has 4 nitrogen and oxygen atoms in total. The van der Waals surface area contributed by atoms with Crippen molar-refractivity contribution in [2.24, 2.45) is 0 Å². The number of carbonyl (C=O) groups is 1. The van der Waals surface area contributed by atoms with Gasteiger partial charge in [0.2, 0.25) is 0 Å². The van der Waals surface area contributed by atoms with Crippen molar-refractivity contribution >= 4 is 11.7 Å². The predicted molar refractivity (Wildman–Crippen MR) is 75.1 cm³/mol. The quantitative estimate of drug-likeness (QED) is 0.907. The smallest absolute Gasteiger partial charge is 0.314 e. The molecule has 19 heavy (non-hydrogen) atoms. The number of ether oxygens (including phenoxy) is 1. The number of methoxy groups -OCH3 is 1. The van der Waals surface area contributed by atoms with E-state index in [0.717, 1.165) is 24.1 Å². The van der Waals surface area contributed by atoms with Crippen LogP contribution in [0.3, 0.4) is 0 Å². The lowest BCUT2D eigenvalue weighted by atomic mass is 9.77. The topological polar surface area (TPSA) is 49.8 Å². The number of rotatable bonds is 4. The lowest BCUT2D eigenvalue weighted by Gasteiger charge is -2.30. The minimum Gasteiger partial charge on any atom is -0.497 e. The van der Waals surface area contributed by atoms with Gasteiger partial charge in [0.25, 0.3) is 0 Å². The normalized spacial score (nSPS) is 17.2. The molecule has 1 aliphatic carbocycles.